The van der Waals surface area contributed by atoms with Gasteiger partial charge in [0, 0.05) is 24.5 Å². The fourth-order valence-electron chi connectivity index (χ4n) is 2.89. The van der Waals surface area contributed by atoms with E-state index in [1.54, 1.807) is 24.3 Å². The van der Waals surface area contributed by atoms with Crippen LogP contribution < -0.4 is 16.0 Å². The number of rotatable bonds is 1. The van der Waals surface area contributed by atoms with E-state index in [1.807, 2.05) is 6.07 Å². The molecule has 0 spiro atoms. The molecule has 1 aromatic heterocycles. The first-order valence-electron chi connectivity index (χ1n) is 7.08. The van der Waals surface area contributed by atoms with Gasteiger partial charge in [-0.25, -0.2) is 4.79 Å². The van der Waals surface area contributed by atoms with E-state index in [4.69, 9.17) is 10.1 Å². The summed E-state index contributed by atoms with van der Waals surface area (Å²) in [5.41, 5.74) is -0.149. The van der Waals surface area contributed by atoms with Gasteiger partial charge < -0.3 is 4.74 Å². The smallest absolute Gasteiger partial charge is 0.333 e. The summed E-state index contributed by atoms with van der Waals surface area (Å²) in [5, 5.41) is 17.5. The summed E-state index contributed by atoms with van der Waals surface area (Å²) in [6, 6.07) is 9.21. The number of ether oxygens (including phenoxy) is 1. The van der Waals surface area contributed by atoms with Gasteiger partial charge in [0.05, 0.1) is 11.6 Å². The highest BCUT2D eigenvalue weighted by molar-refractivity contribution is 9.10. The van der Waals surface area contributed by atoms with E-state index in [1.165, 1.54) is 18.7 Å². The summed E-state index contributed by atoms with van der Waals surface area (Å²) < 4.78 is 8.39. The Bertz CT molecular complexity index is 998. The van der Waals surface area contributed by atoms with E-state index in [0.717, 1.165) is 9.04 Å². The molecule has 2 atom stereocenters. The second-order valence-electron chi connectivity index (χ2n) is 5.53. The van der Waals surface area contributed by atoms with Crippen LogP contribution >= 0.6 is 15.9 Å². The Labute approximate surface area is 145 Å². The molecular weight excluding hydrogens is 376 g/mol. The highest BCUT2D eigenvalue weighted by Gasteiger charge is 2.40. The summed E-state index contributed by atoms with van der Waals surface area (Å²) in [5.74, 6) is -1.87. The highest BCUT2D eigenvalue weighted by Crippen LogP contribution is 2.39. The molecule has 0 saturated heterocycles. The molecule has 2 unspecified atom stereocenters. The standard InChI is InChI=1S/C16H13BrN4O3/c1-20-14(22)12-11(8-3-5-9(17)6-4-8)10(7-18)13(19)24-15(12)21(2)16(20)23/h3-6,10-11,19H,1-2H3. The molecule has 1 aliphatic heterocycles. The van der Waals surface area contributed by atoms with E-state index in [-0.39, 0.29) is 17.3 Å². The monoisotopic (exact) mass is 388 g/mol. The van der Waals surface area contributed by atoms with Crippen LogP contribution in [0.15, 0.2) is 38.3 Å². The third kappa shape index (κ3) is 2.29. The van der Waals surface area contributed by atoms with Crippen molar-refractivity contribution in [2.45, 2.75) is 5.92 Å². The molecule has 122 valence electrons. The molecule has 0 saturated carbocycles. The summed E-state index contributed by atoms with van der Waals surface area (Å²) in [4.78, 5) is 24.8. The van der Waals surface area contributed by atoms with Crippen LogP contribution in [0.5, 0.6) is 5.88 Å². The van der Waals surface area contributed by atoms with Gasteiger partial charge in [-0.1, -0.05) is 28.1 Å². The molecule has 2 heterocycles. The lowest BCUT2D eigenvalue weighted by Crippen LogP contribution is -2.45. The van der Waals surface area contributed by atoms with Crippen molar-refractivity contribution < 1.29 is 4.74 Å². The number of halogens is 1. The van der Waals surface area contributed by atoms with Crippen molar-refractivity contribution >= 4 is 21.8 Å². The minimum Gasteiger partial charge on any atom is -0.425 e. The number of nitriles is 1. The minimum absolute atomic E-state index is 0.0209. The third-order valence-electron chi connectivity index (χ3n) is 4.15. The largest absolute Gasteiger partial charge is 0.425 e. The molecule has 7 nitrogen and oxygen atoms in total. The number of benzene rings is 1. The minimum atomic E-state index is -0.941. The van der Waals surface area contributed by atoms with Crippen molar-refractivity contribution in [3.8, 4) is 11.9 Å². The molecule has 0 radical (unpaired) electrons. The van der Waals surface area contributed by atoms with Gasteiger partial charge in [0.2, 0.25) is 11.8 Å². The Balaban J connectivity index is 2.38. The van der Waals surface area contributed by atoms with Crippen molar-refractivity contribution in [2.75, 3.05) is 0 Å². The fraction of sp³-hybridized carbons (Fsp3) is 0.250. The van der Waals surface area contributed by atoms with Crippen LogP contribution in [0.3, 0.4) is 0 Å². The maximum atomic E-state index is 12.7. The van der Waals surface area contributed by atoms with Crippen molar-refractivity contribution in [3.63, 3.8) is 0 Å². The van der Waals surface area contributed by atoms with Crippen LogP contribution in [0.2, 0.25) is 0 Å². The number of hydrogen-bond acceptors (Lipinski definition) is 5. The molecule has 0 aliphatic carbocycles. The van der Waals surface area contributed by atoms with Crippen LogP contribution in [0.4, 0.5) is 0 Å². The number of nitrogens with one attached hydrogen (secondary N) is 1. The average Bonchev–Trinajstić information content (AvgIpc) is 2.57. The maximum Gasteiger partial charge on any atom is 0.333 e. The summed E-state index contributed by atoms with van der Waals surface area (Å²) in [6.07, 6.45) is 0. The predicted octanol–water partition coefficient (Wildman–Crippen LogP) is 1.49. The molecule has 24 heavy (non-hydrogen) atoms. The van der Waals surface area contributed by atoms with Crippen molar-refractivity contribution in [1.82, 2.24) is 9.13 Å². The second kappa shape index (κ2) is 5.76. The van der Waals surface area contributed by atoms with E-state index in [2.05, 4.69) is 15.9 Å². The summed E-state index contributed by atoms with van der Waals surface area (Å²) in [6.45, 7) is 0. The third-order valence-corrected chi connectivity index (χ3v) is 4.67. The SMILES string of the molecule is Cn1c2c(c(=O)n(C)c1=O)C(c1ccc(Br)cc1)C(C#N)C(=N)O2. The number of aromatic nitrogens is 2. The van der Waals surface area contributed by atoms with Gasteiger partial charge in [-0.05, 0) is 17.7 Å². The molecule has 1 aromatic carbocycles. The Kier molecular flexibility index (Phi) is 3.89. The van der Waals surface area contributed by atoms with Gasteiger partial charge >= 0.3 is 5.69 Å². The van der Waals surface area contributed by atoms with Crippen molar-refractivity contribution in [2.24, 2.45) is 20.0 Å². The maximum absolute atomic E-state index is 12.7. The number of hydrogen-bond donors (Lipinski definition) is 1. The van der Waals surface area contributed by atoms with Crippen LogP contribution in [-0.4, -0.2) is 15.0 Å². The van der Waals surface area contributed by atoms with E-state index >= 15 is 0 Å². The van der Waals surface area contributed by atoms with Crippen LogP contribution in [-0.2, 0) is 14.1 Å². The Hall–Kier alpha value is -2.66. The average molecular weight is 389 g/mol. The Morgan fingerprint density at radius 1 is 1.21 bits per heavy atom. The Morgan fingerprint density at radius 2 is 1.83 bits per heavy atom. The molecule has 8 heteroatoms. The summed E-state index contributed by atoms with van der Waals surface area (Å²) >= 11 is 3.35. The lowest BCUT2D eigenvalue weighted by Gasteiger charge is -2.30. The van der Waals surface area contributed by atoms with Crippen LogP contribution in [0.1, 0.15) is 17.0 Å². The molecular formula is C16H13BrN4O3. The zero-order chi connectivity index (χ0) is 17.6. The van der Waals surface area contributed by atoms with E-state index in [0.29, 0.717) is 5.56 Å². The predicted molar refractivity (Wildman–Crippen MR) is 90.4 cm³/mol. The van der Waals surface area contributed by atoms with E-state index in [9.17, 15) is 14.9 Å². The summed E-state index contributed by atoms with van der Waals surface area (Å²) in [7, 11) is 2.85. The fourth-order valence-corrected chi connectivity index (χ4v) is 3.15. The lowest BCUT2D eigenvalue weighted by atomic mass is 9.80. The molecule has 1 N–H and O–H groups in total. The zero-order valence-corrected chi connectivity index (χ0v) is 14.5. The van der Waals surface area contributed by atoms with Gasteiger partial charge in [0.15, 0.2) is 0 Å². The van der Waals surface area contributed by atoms with Gasteiger partial charge in [-0.15, -0.1) is 0 Å². The van der Waals surface area contributed by atoms with Gasteiger partial charge in [0.1, 0.15) is 5.92 Å². The van der Waals surface area contributed by atoms with Gasteiger partial charge in [-0.2, -0.15) is 5.26 Å². The zero-order valence-electron chi connectivity index (χ0n) is 12.9. The highest BCUT2D eigenvalue weighted by atomic mass is 79.9. The number of nitrogens with zero attached hydrogens (tertiary/aromatic N) is 3. The first-order valence-corrected chi connectivity index (χ1v) is 7.87. The second-order valence-corrected chi connectivity index (χ2v) is 6.44. The normalized spacial score (nSPS) is 19.3. The lowest BCUT2D eigenvalue weighted by molar-refractivity contribution is 0.395. The van der Waals surface area contributed by atoms with Crippen LogP contribution in [0, 0.1) is 22.7 Å². The quantitative estimate of drug-likeness (QED) is 0.799. The Morgan fingerprint density at radius 3 is 2.42 bits per heavy atom. The molecule has 2 aromatic rings. The first-order chi connectivity index (χ1) is 11.4. The molecule has 0 amide bonds. The molecule has 0 bridgehead atoms. The van der Waals surface area contributed by atoms with Crippen molar-refractivity contribution in [1.29, 1.82) is 10.7 Å². The molecule has 3 rings (SSSR count). The van der Waals surface area contributed by atoms with Gasteiger partial charge in [0.25, 0.3) is 5.56 Å². The first kappa shape index (κ1) is 16.2. The molecule has 1 aliphatic rings. The van der Waals surface area contributed by atoms with Gasteiger partial charge in [-0.3, -0.25) is 19.3 Å². The van der Waals surface area contributed by atoms with Crippen molar-refractivity contribution in [3.05, 3.63) is 60.7 Å². The van der Waals surface area contributed by atoms with E-state index < -0.39 is 23.1 Å². The van der Waals surface area contributed by atoms with Crippen LogP contribution in [0.25, 0.3) is 0 Å². The molecule has 0 fully saturated rings. The number of fused-ring (bicyclic) bond motifs is 1. The topological polar surface area (TPSA) is 101 Å².